The van der Waals surface area contributed by atoms with Gasteiger partial charge in [-0.2, -0.15) is 0 Å². The van der Waals surface area contributed by atoms with Gasteiger partial charge in [0.15, 0.2) is 0 Å². The number of hydrogen-bond donors (Lipinski definition) is 1. The molecule has 2 aromatic rings. The van der Waals surface area contributed by atoms with E-state index in [9.17, 15) is 13.2 Å². The van der Waals surface area contributed by atoms with Crippen molar-refractivity contribution in [2.45, 2.75) is 13.3 Å². The highest BCUT2D eigenvalue weighted by atomic mass is 32.2. The molecule has 0 fully saturated rings. The molecule has 2 aromatic carbocycles. The third kappa shape index (κ3) is 6.36. The topological polar surface area (TPSA) is 72.5 Å². The highest BCUT2D eigenvalue weighted by Gasteiger charge is 2.08. The number of hydrogen-bond acceptors (Lipinski definition) is 4. The number of aryl methyl sites for hydroxylation is 1. The van der Waals surface area contributed by atoms with E-state index in [1.807, 2.05) is 37.3 Å². The number of carbonyl (C=O) groups excluding carboxylic acids is 1. The van der Waals surface area contributed by atoms with Crippen molar-refractivity contribution in [1.29, 1.82) is 0 Å². The lowest BCUT2D eigenvalue weighted by Crippen LogP contribution is -2.25. The van der Waals surface area contributed by atoms with E-state index in [4.69, 9.17) is 4.74 Å². The van der Waals surface area contributed by atoms with Crippen LogP contribution in [0.5, 0.6) is 5.75 Å². The molecule has 6 heteroatoms. The van der Waals surface area contributed by atoms with Crippen LogP contribution in [0, 0.1) is 6.92 Å². The Morgan fingerprint density at radius 3 is 2.42 bits per heavy atom. The van der Waals surface area contributed by atoms with Crippen LogP contribution in [0.25, 0.3) is 6.08 Å². The molecule has 0 radical (unpaired) electrons. The van der Waals surface area contributed by atoms with Gasteiger partial charge in [-0.1, -0.05) is 48.0 Å². The summed E-state index contributed by atoms with van der Waals surface area (Å²) in [6.07, 6.45) is 1.45. The van der Waals surface area contributed by atoms with Crippen molar-refractivity contribution < 1.29 is 17.9 Å². The molecule has 0 aliphatic carbocycles. The molecule has 0 aromatic heterocycles. The zero-order valence-corrected chi connectivity index (χ0v) is 14.1. The average molecular weight is 345 g/mol. The fraction of sp³-hybridized carbons (Fsp3) is 0.167. The zero-order valence-electron chi connectivity index (χ0n) is 13.3. The molecule has 126 valence electrons. The summed E-state index contributed by atoms with van der Waals surface area (Å²) < 4.78 is 31.1. The Bertz CT molecular complexity index is 797. The molecular formula is C18H19NO4S. The average Bonchev–Trinajstić information content (AvgIpc) is 2.55. The van der Waals surface area contributed by atoms with Gasteiger partial charge in [0.25, 0.3) is 0 Å². The summed E-state index contributed by atoms with van der Waals surface area (Å²) in [6, 6.07) is 16.1. The molecule has 0 aliphatic rings. The number of nitrogens with one attached hydrogen (secondary N) is 1. The van der Waals surface area contributed by atoms with Crippen LogP contribution in [-0.4, -0.2) is 20.9 Å². The van der Waals surface area contributed by atoms with Gasteiger partial charge in [-0.15, -0.1) is 0 Å². The van der Waals surface area contributed by atoms with Crippen molar-refractivity contribution in [3.8, 4) is 5.75 Å². The molecule has 0 aliphatic heterocycles. The Morgan fingerprint density at radius 2 is 1.75 bits per heavy atom. The standard InChI is InChI=1S/C18H19NO4S/c1-15-7-9-16(10-8-15)12-14-24(21,22)19-13-11-18(20)23-17-5-3-2-4-6-17/h2-10,12,14,19H,11,13H2,1H3/b14-12+. The number of esters is 1. The minimum atomic E-state index is -3.60. The highest BCUT2D eigenvalue weighted by Crippen LogP contribution is 2.09. The molecule has 0 bridgehead atoms. The fourth-order valence-electron chi connectivity index (χ4n) is 1.86. The Morgan fingerprint density at radius 1 is 1.08 bits per heavy atom. The zero-order chi connectivity index (χ0) is 17.4. The fourth-order valence-corrected chi connectivity index (χ4v) is 2.68. The molecule has 0 spiro atoms. The Hall–Kier alpha value is -2.44. The summed E-state index contributed by atoms with van der Waals surface area (Å²) >= 11 is 0. The molecule has 2 rings (SSSR count). The molecule has 0 saturated carbocycles. The van der Waals surface area contributed by atoms with Crippen molar-refractivity contribution in [3.63, 3.8) is 0 Å². The minimum Gasteiger partial charge on any atom is -0.426 e. The molecule has 0 atom stereocenters. The second-order valence-electron chi connectivity index (χ2n) is 5.19. The van der Waals surface area contributed by atoms with E-state index in [2.05, 4.69) is 4.72 Å². The van der Waals surface area contributed by atoms with E-state index in [-0.39, 0.29) is 13.0 Å². The van der Waals surface area contributed by atoms with E-state index in [0.29, 0.717) is 5.75 Å². The van der Waals surface area contributed by atoms with E-state index in [1.54, 1.807) is 24.3 Å². The smallest absolute Gasteiger partial charge is 0.312 e. The predicted octanol–water partition coefficient (Wildman–Crippen LogP) is 2.88. The van der Waals surface area contributed by atoms with Crippen molar-refractivity contribution in [2.24, 2.45) is 0 Å². The van der Waals surface area contributed by atoms with Crippen molar-refractivity contribution in [3.05, 3.63) is 71.1 Å². The number of benzene rings is 2. The second-order valence-corrected chi connectivity index (χ2v) is 6.84. The van der Waals surface area contributed by atoms with Crippen LogP contribution in [0.15, 0.2) is 60.0 Å². The number of sulfonamides is 1. The maximum Gasteiger partial charge on any atom is 0.312 e. The lowest BCUT2D eigenvalue weighted by atomic mass is 10.2. The Balaban J connectivity index is 1.80. The first-order chi connectivity index (χ1) is 11.4. The van der Waals surface area contributed by atoms with Crippen LogP contribution < -0.4 is 9.46 Å². The maximum absolute atomic E-state index is 11.9. The van der Waals surface area contributed by atoms with Gasteiger partial charge in [-0.3, -0.25) is 4.79 Å². The lowest BCUT2D eigenvalue weighted by molar-refractivity contribution is -0.134. The summed E-state index contributed by atoms with van der Waals surface area (Å²) in [7, 11) is -3.60. The summed E-state index contributed by atoms with van der Waals surface area (Å²) in [5, 5.41) is 1.08. The van der Waals surface area contributed by atoms with Crippen LogP contribution >= 0.6 is 0 Å². The molecule has 0 unspecified atom stereocenters. The second kappa shape index (κ2) is 8.42. The molecule has 0 heterocycles. The van der Waals surface area contributed by atoms with Crippen LogP contribution in [0.1, 0.15) is 17.5 Å². The first-order valence-corrected chi connectivity index (χ1v) is 8.99. The molecule has 0 amide bonds. The van der Waals surface area contributed by atoms with Crippen molar-refractivity contribution in [2.75, 3.05) is 6.54 Å². The molecular weight excluding hydrogens is 326 g/mol. The Labute approximate surface area is 142 Å². The van der Waals surface area contributed by atoms with Gasteiger partial charge in [0.2, 0.25) is 10.0 Å². The van der Waals surface area contributed by atoms with Crippen molar-refractivity contribution in [1.82, 2.24) is 4.72 Å². The quantitative estimate of drug-likeness (QED) is 0.619. The van der Waals surface area contributed by atoms with Gasteiger partial charge in [-0.25, -0.2) is 13.1 Å². The molecule has 5 nitrogen and oxygen atoms in total. The van der Waals surface area contributed by atoms with Crippen LogP contribution in [0.4, 0.5) is 0 Å². The first kappa shape index (κ1) is 17.9. The Kier molecular flexibility index (Phi) is 6.28. The summed E-state index contributed by atoms with van der Waals surface area (Å²) in [6.45, 7) is 1.94. The monoisotopic (exact) mass is 345 g/mol. The number of rotatable bonds is 7. The highest BCUT2D eigenvalue weighted by molar-refractivity contribution is 7.92. The molecule has 1 N–H and O–H groups in total. The van der Waals surface area contributed by atoms with E-state index in [1.165, 1.54) is 6.08 Å². The lowest BCUT2D eigenvalue weighted by Gasteiger charge is -2.04. The van der Waals surface area contributed by atoms with Crippen LogP contribution in [0.2, 0.25) is 0 Å². The molecule has 24 heavy (non-hydrogen) atoms. The molecule has 0 saturated heterocycles. The van der Waals surface area contributed by atoms with Crippen LogP contribution in [0.3, 0.4) is 0 Å². The normalized spacial score (nSPS) is 11.5. The SMILES string of the molecule is Cc1ccc(/C=C/S(=O)(=O)NCCC(=O)Oc2ccccc2)cc1. The third-order valence-electron chi connectivity index (χ3n) is 3.12. The summed E-state index contributed by atoms with van der Waals surface area (Å²) in [5.74, 6) is -0.0592. The maximum atomic E-state index is 11.9. The van der Waals surface area contributed by atoms with Gasteiger partial charge in [0, 0.05) is 12.0 Å². The van der Waals surface area contributed by atoms with E-state index >= 15 is 0 Å². The van der Waals surface area contributed by atoms with Gasteiger partial charge in [-0.05, 0) is 30.7 Å². The van der Waals surface area contributed by atoms with Crippen LogP contribution in [-0.2, 0) is 14.8 Å². The first-order valence-electron chi connectivity index (χ1n) is 7.45. The van der Waals surface area contributed by atoms with Gasteiger partial charge in [0.1, 0.15) is 5.75 Å². The summed E-state index contributed by atoms with van der Waals surface area (Å²) in [5.41, 5.74) is 1.89. The predicted molar refractivity (Wildman–Crippen MR) is 93.8 cm³/mol. The van der Waals surface area contributed by atoms with Gasteiger partial charge < -0.3 is 4.74 Å². The number of carbonyl (C=O) groups is 1. The van der Waals surface area contributed by atoms with Gasteiger partial charge >= 0.3 is 5.97 Å². The van der Waals surface area contributed by atoms with E-state index in [0.717, 1.165) is 16.5 Å². The summed E-state index contributed by atoms with van der Waals surface area (Å²) in [4.78, 5) is 11.6. The van der Waals surface area contributed by atoms with Gasteiger partial charge in [0.05, 0.1) is 6.42 Å². The minimum absolute atomic E-state index is 0.0216. The number of para-hydroxylation sites is 1. The number of ether oxygens (including phenoxy) is 1. The third-order valence-corrected chi connectivity index (χ3v) is 4.23. The van der Waals surface area contributed by atoms with E-state index < -0.39 is 16.0 Å². The van der Waals surface area contributed by atoms with Crippen molar-refractivity contribution >= 4 is 22.1 Å². The largest absolute Gasteiger partial charge is 0.426 e.